The normalized spacial score (nSPS) is 11.9. The molecule has 2 aromatic carbocycles. The van der Waals surface area contributed by atoms with Crippen LogP contribution in [-0.2, 0) is 11.4 Å². The summed E-state index contributed by atoms with van der Waals surface area (Å²) in [7, 11) is 0. The van der Waals surface area contributed by atoms with Crippen molar-refractivity contribution in [3.8, 4) is 5.75 Å². The van der Waals surface area contributed by atoms with Crippen LogP contribution in [0, 0.1) is 3.57 Å². The van der Waals surface area contributed by atoms with Gasteiger partial charge in [0.25, 0.3) is 0 Å². The average molecular weight is 410 g/mol. The molecule has 2 rings (SSSR count). The van der Waals surface area contributed by atoms with Gasteiger partial charge in [-0.3, -0.25) is 4.79 Å². The van der Waals surface area contributed by atoms with Crippen LogP contribution >= 0.6 is 22.6 Å². The molecule has 5 heteroatoms. The molecule has 1 atom stereocenters. The maximum atomic E-state index is 10.5. The van der Waals surface area contributed by atoms with E-state index in [0.717, 1.165) is 9.13 Å². The maximum Gasteiger partial charge on any atom is 0.303 e. The summed E-state index contributed by atoms with van der Waals surface area (Å²) in [6.07, 6.45) is -0.607. The fraction of sp³-hybridized carbons (Fsp3) is 0.235. The van der Waals surface area contributed by atoms with Gasteiger partial charge in [0.2, 0.25) is 0 Å². The van der Waals surface area contributed by atoms with E-state index in [1.165, 1.54) is 0 Å². The van der Waals surface area contributed by atoms with Gasteiger partial charge in [-0.1, -0.05) is 30.3 Å². The van der Waals surface area contributed by atoms with Gasteiger partial charge in [0.05, 0.1) is 6.10 Å². The molecule has 4 nitrogen and oxygen atoms in total. The Morgan fingerprint density at radius 3 is 2.45 bits per heavy atom. The third-order valence-corrected chi connectivity index (χ3v) is 4.30. The van der Waals surface area contributed by atoms with Crippen LogP contribution in [0.3, 0.4) is 0 Å². The predicted molar refractivity (Wildman–Crippen MR) is 91.8 cm³/mol. The molecule has 2 aromatic rings. The first kappa shape index (κ1) is 16.8. The monoisotopic (exact) mass is 410 g/mol. The highest BCUT2D eigenvalue weighted by molar-refractivity contribution is 14.1. The molecule has 0 spiro atoms. The van der Waals surface area contributed by atoms with E-state index in [1.807, 2.05) is 24.3 Å². The van der Waals surface area contributed by atoms with Crippen molar-refractivity contribution in [3.63, 3.8) is 0 Å². The smallest absolute Gasteiger partial charge is 0.303 e. The van der Waals surface area contributed by atoms with Gasteiger partial charge in [-0.05, 0) is 52.8 Å². The number of hydrogen-bond acceptors (Lipinski definition) is 3. The number of hydrogen-bond donors (Lipinski definition) is 2. The molecule has 0 aliphatic heterocycles. The lowest BCUT2D eigenvalue weighted by Crippen LogP contribution is -2.02. The molecule has 0 bridgehead atoms. The molecule has 116 valence electrons. The fourth-order valence-corrected chi connectivity index (χ4v) is 2.53. The second-order valence-corrected chi connectivity index (χ2v) is 6.06. The van der Waals surface area contributed by atoms with Crippen molar-refractivity contribution in [1.82, 2.24) is 0 Å². The van der Waals surface area contributed by atoms with Crippen LogP contribution in [0.25, 0.3) is 0 Å². The minimum atomic E-state index is -0.906. The quantitative estimate of drug-likeness (QED) is 0.683. The standard InChI is InChI=1S/C17H17IO4/c18-15-4-2-1-3-13(15)11-22-14-7-5-12(6-8-14)16(19)9-10-17(20)21/h1-8,16,19H,9-11H2,(H,20,21)/i18-2. The van der Waals surface area contributed by atoms with Crippen LogP contribution in [0.2, 0.25) is 0 Å². The number of aliphatic carboxylic acids is 1. The van der Waals surface area contributed by atoms with Gasteiger partial charge in [-0.2, -0.15) is 0 Å². The summed E-state index contributed by atoms with van der Waals surface area (Å²) in [6, 6.07) is 15.1. The van der Waals surface area contributed by atoms with E-state index in [2.05, 4.69) is 22.6 Å². The Morgan fingerprint density at radius 2 is 1.82 bits per heavy atom. The van der Waals surface area contributed by atoms with Crippen molar-refractivity contribution in [2.45, 2.75) is 25.6 Å². The third-order valence-electron chi connectivity index (χ3n) is 3.25. The number of aliphatic hydroxyl groups excluding tert-OH is 1. The van der Waals surface area contributed by atoms with Crippen molar-refractivity contribution >= 4 is 28.6 Å². The number of benzene rings is 2. The molecule has 0 radical (unpaired) electrons. The zero-order chi connectivity index (χ0) is 15.9. The summed E-state index contributed by atoms with van der Waals surface area (Å²) < 4.78 is 6.88. The fourth-order valence-electron chi connectivity index (χ4n) is 1.99. The summed E-state index contributed by atoms with van der Waals surface area (Å²) in [5, 5.41) is 18.5. The van der Waals surface area contributed by atoms with E-state index < -0.39 is 12.1 Å². The minimum Gasteiger partial charge on any atom is -0.489 e. The predicted octanol–water partition coefficient (Wildman–Crippen LogP) is 3.77. The second-order valence-electron chi connectivity index (χ2n) is 4.90. The zero-order valence-electron chi connectivity index (χ0n) is 11.9. The highest BCUT2D eigenvalue weighted by Crippen LogP contribution is 2.22. The highest BCUT2D eigenvalue weighted by Gasteiger charge is 2.10. The lowest BCUT2D eigenvalue weighted by atomic mass is 10.1. The Bertz CT molecular complexity index is 625. The Balaban J connectivity index is 1.91. The van der Waals surface area contributed by atoms with Crippen LogP contribution in [0.5, 0.6) is 5.75 Å². The molecule has 0 saturated heterocycles. The second kappa shape index (κ2) is 8.14. The van der Waals surface area contributed by atoms with E-state index in [9.17, 15) is 9.90 Å². The molecule has 22 heavy (non-hydrogen) atoms. The summed E-state index contributed by atoms with van der Waals surface area (Å²) >= 11 is 2.27. The Labute approximate surface area is 142 Å². The van der Waals surface area contributed by atoms with Crippen molar-refractivity contribution in [1.29, 1.82) is 0 Å². The SMILES string of the molecule is O=C(O)CCC(O)c1ccc(OCc2ccccc2[125I])cc1. The lowest BCUT2D eigenvalue weighted by Gasteiger charge is -2.11. The molecular formula is C17H17IO4. The van der Waals surface area contributed by atoms with Crippen LogP contribution in [0.15, 0.2) is 48.5 Å². The summed E-state index contributed by atoms with van der Waals surface area (Å²) in [5.41, 5.74) is 1.82. The van der Waals surface area contributed by atoms with E-state index >= 15 is 0 Å². The van der Waals surface area contributed by atoms with E-state index in [0.29, 0.717) is 17.9 Å². The van der Waals surface area contributed by atoms with E-state index in [-0.39, 0.29) is 12.8 Å². The van der Waals surface area contributed by atoms with Gasteiger partial charge in [-0.15, -0.1) is 0 Å². The van der Waals surface area contributed by atoms with Crippen molar-refractivity contribution in [3.05, 3.63) is 63.2 Å². The Morgan fingerprint density at radius 1 is 1.14 bits per heavy atom. The topological polar surface area (TPSA) is 66.8 Å². The van der Waals surface area contributed by atoms with Crippen molar-refractivity contribution in [2.75, 3.05) is 0 Å². The number of halogens is 1. The molecule has 0 aliphatic rings. The summed E-state index contributed by atoms with van der Waals surface area (Å²) in [4.78, 5) is 10.5. The van der Waals surface area contributed by atoms with Gasteiger partial charge in [0, 0.05) is 15.6 Å². The van der Waals surface area contributed by atoms with Crippen molar-refractivity contribution < 1.29 is 19.7 Å². The molecule has 0 saturated carbocycles. The van der Waals surface area contributed by atoms with Crippen molar-refractivity contribution in [2.24, 2.45) is 0 Å². The maximum absolute atomic E-state index is 10.5. The number of ether oxygens (including phenoxy) is 1. The Kier molecular flexibility index (Phi) is 6.21. The van der Waals surface area contributed by atoms with Gasteiger partial charge in [0.1, 0.15) is 12.4 Å². The zero-order valence-corrected chi connectivity index (χ0v) is 14.1. The van der Waals surface area contributed by atoms with E-state index in [4.69, 9.17) is 9.84 Å². The average Bonchev–Trinajstić information content (AvgIpc) is 2.52. The van der Waals surface area contributed by atoms with Gasteiger partial charge < -0.3 is 14.9 Å². The van der Waals surface area contributed by atoms with Crippen LogP contribution in [0.1, 0.15) is 30.1 Å². The molecular weight excluding hydrogens is 393 g/mol. The molecule has 0 aromatic heterocycles. The molecule has 2 N–H and O–H groups in total. The first-order valence-electron chi connectivity index (χ1n) is 6.92. The lowest BCUT2D eigenvalue weighted by molar-refractivity contribution is -0.137. The minimum absolute atomic E-state index is 0.0497. The Hall–Kier alpha value is -1.60. The number of carbonyl (C=O) groups is 1. The number of carboxylic acid groups (broad SMARTS) is 1. The summed E-state index contributed by atoms with van der Waals surface area (Å²) in [6.45, 7) is 0.486. The summed E-state index contributed by atoms with van der Waals surface area (Å²) in [5.74, 6) is -0.190. The molecule has 0 aliphatic carbocycles. The number of carboxylic acids is 1. The van der Waals surface area contributed by atoms with Gasteiger partial charge >= 0.3 is 5.97 Å². The molecule has 0 amide bonds. The highest BCUT2D eigenvalue weighted by atomic mass is 125. The van der Waals surface area contributed by atoms with Crippen LogP contribution in [0.4, 0.5) is 0 Å². The molecule has 0 fully saturated rings. The number of aliphatic hydroxyl groups is 1. The molecule has 0 heterocycles. The van der Waals surface area contributed by atoms with Crippen LogP contribution in [-0.4, -0.2) is 16.2 Å². The number of rotatable bonds is 7. The third kappa shape index (κ3) is 4.99. The van der Waals surface area contributed by atoms with Crippen LogP contribution < -0.4 is 4.74 Å². The molecule has 1 unspecified atom stereocenters. The first-order chi connectivity index (χ1) is 10.6. The van der Waals surface area contributed by atoms with Gasteiger partial charge in [0.15, 0.2) is 0 Å². The first-order valence-corrected chi connectivity index (χ1v) is 8.00. The van der Waals surface area contributed by atoms with Gasteiger partial charge in [-0.25, -0.2) is 0 Å². The largest absolute Gasteiger partial charge is 0.489 e. The van der Waals surface area contributed by atoms with E-state index in [1.54, 1.807) is 24.3 Å².